The van der Waals surface area contributed by atoms with Crippen molar-refractivity contribution in [3.05, 3.63) is 33.9 Å². The van der Waals surface area contributed by atoms with Crippen LogP contribution >= 0.6 is 0 Å². The van der Waals surface area contributed by atoms with E-state index < -0.39 is 10.9 Å². The summed E-state index contributed by atoms with van der Waals surface area (Å²) in [7, 11) is 0. The van der Waals surface area contributed by atoms with Gasteiger partial charge >= 0.3 is 5.97 Å². The Morgan fingerprint density at radius 1 is 1.55 bits per heavy atom. The van der Waals surface area contributed by atoms with E-state index in [1.165, 1.54) is 18.2 Å². The summed E-state index contributed by atoms with van der Waals surface area (Å²) >= 11 is 0. The number of nitrogens with one attached hydrogen (secondary N) is 1. The van der Waals surface area contributed by atoms with Gasteiger partial charge in [0.25, 0.3) is 5.69 Å². The fourth-order valence-electron chi connectivity index (χ4n) is 2.20. The Bertz CT molecular complexity index is 511. The molecule has 2 N–H and O–H groups in total. The summed E-state index contributed by atoms with van der Waals surface area (Å²) in [4.78, 5) is 21.3. The van der Waals surface area contributed by atoms with E-state index in [-0.39, 0.29) is 16.9 Å². The summed E-state index contributed by atoms with van der Waals surface area (Å²) in [5, 5.41) is 22.8. The van der Waals surface area contributed by atoms with E-state index in [1.54, 1.807) is 0 Å². The highest BCUT2D eigenvalue weighted by Gasteiger charge is 2.17. The quantitative estimate of drug-likeness (QED) is 0.611. The molecule has 0 amide bonds. The van der Waals surface area contributed by atoms with Crippen LogP contribution in [0, 0.1) is 16.0 Å². The van der Waals surface area contributed by atoms with E-state index >= 15 is 0 Å². The highest BCUT2D eigenvalue weighted by molar-refractivity contribution is 5.94. The summed E-state index contributed by atoms with van der Waals surface area (Å²) < 4.78 is 5.26. The van der Waals surface area contributed by atoms with E-state index in [2.05, 4.69) is 5.32 Å². The molecule has 0 spiro atoms. The molecule has 1 atom stereocenters. The van der Waals surface area contributed by atoms with Gasteiger partial charge in [0.15, 0.2) is 0 Å². The van der Waals surface area contributed by atoms with E-state index in [1.807, 2.05) is 0 Å². The van der Waals surface area contributed by atoms with Crippen LogP contribution in [-0.4, -0.2) is 35.8 Å². The summed E-state index contributed by atoms with van der Waals surface area (Å²) in [6, 6.07) is 3.70. The molecule has 1 fully saturated rings. The molecule has 108 valence electrons. The SMILES string of the molecule is O=C(O)c1ccc([N+](=O)[O-])cc1NCCC1CCOC1. The number of nitrogens with zero attached hydrogens (tertiary/aromatic N) is 1. The molecule has 0 bridgehead atoms. The lowest BCUT2D eigenvalue weighted by molar-refractivity contribution is -0.384. The van der Waals surface area contributed by atoms with Crippen molar-refractivity contribution in [1.29, 1.82) is 0 Å². The van der Waals surface area contributed by atoms with E-state index in [4.69, 9.17) is 9.84 Å². The molecule has 1 saturated heterocycles. The van der Waals surface area contributed by atoms with Gasteiger partial charge in [-0.2, -0.15) is 0 Å². The molecule has 20 heavy (non-hydrogen) atoms. The van der Waals surface area contributed by atoms with Crippen LogP contribution in [0.3, 0.4) is 0 Å². The molecule has 0 aliphatic carbocycles. The molecule has 1 aliphatic heterocycles. The minimum atomic E-state index is -1.11. The van der Waals surface area contributed by atoms with Gasteiger partial charge in [0.1, 0.15) is 0 Å². The minimum Gasteiger partial charge on any atom is -0.478 e. The Hall–Kier alpha value is -2.15. The number of anilines is 1. The van der Waals surface area contributed by atoms with Gasteiger partial charge in [0.2, 0.25) is 0 Å². The Labute approximate surface area is 115 Å². The van der Waals surface area contributed by atoms with Gasteiger partial charge in [-0.3, -0.25) is 10.1 Å². The number of carboxylic acid groups (broad SMARTS) is 1. The number of ether oxygens (including phenoxy) is 1. The first-order chi connectivity index (χ1) is 9.58. The molecule has 0 saturated carbocycles. The van der Waals surface area contributed by atoms with E-state index in [9.17, 15) is 14.9 Å². The zero-order valence-electron chi connectivity index (χ0n) is 10.9. The van der Waals surface area contributed by atoms with Crippen molar-refractivity contribution >= 4 is 17.3 Å². The highest BCUT2D eigenvalue weighted by Crippen LogP contribution is 2.23. The first-order valence-electron chi connectivity index (χ1n) is 6.41. The molecule has 0 aromatic heterocycles. The second-order valence-corrected chi connectivity index (χ2v) is 4.74. The van der Waals surface area contributed by atoms with Gasteiger partial charge in [-0.15, -0.1) is 0 Å². The smallest absolute Gasteiger partial charge is 0.337 e. The number of nitro benzene ring substituents is 1. The molecular formula is C13H16N2O5. The maximum atomic E-state index is 11.1. The van der Waals surface area contributed by atoms with Crippen LogP contribution in [0.2, 0.25) is 0 Å². The van der Waals surface area contributed by atoms with Crippen molar-refractivity contribution in [3.8, 4) is 0 Å². The van der Waals surface area contributed by atoms with E-state index in [0.29, 0.717) is 12.5 Å². The maximum Gasteiger partial charge on any atom is 0.337 e. The Kier molecular flexibility index (Phi) is 4.52. The highest BCUT2D eigenvalue weighted by atomic mass is 16.6. The van der Waals surface area contributed by atoms with Crippen LogP contribution in [0.5, 0.6) is 0 Å². The molecule has 1 aromatic carbocycles. The molecule has 2 rings (SSSR count). The Morgan fingerprint density at radius 2 is 2.35 bits per heavy atom. The first kappa shape index (κ1) is 14.3. The zero-order valence-corrected chi connectivity index (χ0v) is 10.9. The number of aromatic carboxylic acids is 1. The minimum absolute atomic E-state index is 0.0401. The lowest BCUT2D eigenvalue weighted by atomic mass is 10.1. The normalized spacial score (nSPS) is 17.9. The molecule has 1 aliphatic rings. The van der Waals surface area contributed by atoms with Crippen LogP contribution in [0.1, 0.15) is 23.2 Å². The second kappa shape index (κ2) is 6.33. The molecule has 1 aromatic rings. The molecule has 1 unspecified atom stereocenters. The fraction of sp³-hybridized carbons (Fsp3) is 0.462. The number of hydrogen-bond acceptors (Lipinski definition) is 5. The molecule has 1 heterocycles. The first-order valence-corrected chi connectivity index (χ1v) is 6.41. The second-order valence-electron chi connectivity index (χ2n) is 4.74. The van der Waals surface area contributed by atoms with Crippen molar-refractivity contribution < 1.29 is 19.6 Å². The largest absolute Gasteiger partial charge is 0.478 e. The number of carboxylic acids is 1. The number of hydrogen-bond donors (Lipinski definition) is 2. The van der Waals surface area contributed by atoms with Crippen molar-refractivity contribution in [2.45, 2.75) is 12.8 Å². The lowest BCUT2D eigenvalue weighted by Gasteiger charge is -2.11. The Balaban J connectivity index is 2.04. The summed E-state index contributed by atoms with van der Waals surface area (Å²) in [5.41, 5.74) is 0.200. The molecule has 7 heteroatoms. The van der Waals surface area contributed by atoms with Crippen molar-refractivity contribution in [2.24, 2.45) is 5.92 Å². The monoisotopic (exact) mass is 280 g/mol. The van der Waals surface area contributed by atoms with Gasteiger partial charge < -0.3 is 15.2 Å². The maximum absolute atomic E-state index is 11.1. The summed E-state index contributed by atoms with van der Waals surface area (Å²) in [5.74, 6) is -0.638. The number of rotatable bonds is 6. The average Bonchev–Trinajstić information content (AvgIpc) is 2.91. The van der Waals surface area contributed by atoms with Crippen LogP contribution in [0.4, 0.5) is 11.4 Å². The number of carbonyl (C=O) groups is 1. The molecule has 7 nitrogen and oxygen atoms in total. The average molecular weight is 280 g/mol. The van der Waals surface area contributed by atoms with Gasteiger partial charge in [-0.05, 0) is 24.8 Å². The van der Waals surface area contributed by atoms with Gasteiger partial charge in [-0.25, -0.2) is 4.79 Å². The van der Waals surface area contributed by atoms with Crippen molar-refractivity contribution in [1.82, 2.24) is 0 Å². The number of non-ortho nitro benzene ring substituents is 1. The Morgan fingerprint density at radius 3 is 2.95 bits per heavy atom. The van der Waals surface area contributed by atoms with Crippen molar-refractivity contribution in [2.75, 3.05) is 25.1 Å². The van der Waals surface area contributed by atoms with Gasteiger partial charge in [0, 0.05) is 31.9 Å². The van der Waals surface area contributed by atoms with Gasteiger partial charge in [-0.1, -0.05) is 0 Å². The van der Waals surface area contributed by atoms with Crippen molar-refractivity contribution in [3.63, 3.8) is 0 Å². The topological polar surface area (TPSA) is 102 Å². The van der Waals surface area contributed by atoms with Crippen LogP contribution < -0.4 is 5.32 Å². The third-order valence-electron chi connectivity index (χ3n) is 3.34. The molecule has 0 radical (unpaired) electrons. The predicted molar refractivity (Wildman–Crippen MR) is 72.1 cm³/mol. The lowest BCUT2D eigenvalue weighted by Crippen LogP contribution is -2.12. The predicted octanol–water partition coefficient (Wildman–Crippen LogP) is 2.13. The number of benzene rings is 1. The third kappa shape index (κ3) is 3.45. The summed E-state index contributed by atoms with van der Waals surface area (Å²) in [6.45, 7) is 2.06. The zero-order chi connectivity index (χ0) is 14.5. The van der Waals surface area contributed by atoms with Crippen LogP contribution in [0.25, 0.3) is 0 Å². The summed E-state index contributed by atoms with van der Waals surface area (Å²) in [6.07, 6.45) is 1.85. The number of nitro groups is 1. The standard InChI is InChI=1S/C13H16N2O5/c16-13(17)11-2-1-10(15(18)19)7-12(11)14-5-3-9-4-6-20-8-9/h1-2,7,9,14H,3-6,8H2,(H,16,17). The fourth-order valence-corrected chi connectivity index (χ4v) is 2.20. The van der Waals surface area contributed by atoms with Crippen LogP contribution in [-0.2, 0) is 4.74 Å². The van der Waals surface area contributed by atoms with Crippen LogP contribution in [0.15, 0.2) is 18.2 Å². The third-order valence-corrected chi connectivity index (χ3v) is 3.34. The molecular weight excluding hydrogens is 264 g/mol. The van der Waals surface area contributed by atoms with E-state index in [0.717, 1.165) is 26.1 Å². The van der Waals surface area contributed by atoms with Gasteiger partial charge in [0.05, 0.1) is 16.2 Å².